The number of hydrogen-bond acceptors (Lipinski definition) is 4. The molecule has 1 fully saturated rings. The Morgan fingerprint density at radius 2 is 1.16 bits per heavy atom. The fourth-order valence-electron chi connectivity index (χ4n) is 4.08. The maximum absolute atomic E-state index is 12.6. The van der Waals surface area contributed by atoms with Gasteiger partial charge in [-0.25, -0.2) is 0 Å². The van der Waals surface area contributed by atoms with Crippen molar-refractivity contribution in [3.8, 4) is 0 Å². The Morgan fingerprint density at radius 3 is 1.65 bits per heavy atom. The van der Waals surface area contributed by atoms with Gasteiger partial charge in [-0.1, -0.05) is 43.3 Å². The first-order valence-corrected chi connectivity index (χ1v) is 11.1. The van der Waals surface area contributed by atoms with Gasteiger partial charge in [0.05, 0.1) is 13.1 Å². The molecule has 0 atom stereocenters. The Bertz CT molecular complexity index is 913. The summed E-state index contributed by atoms with van der Waals surface area (Å²) in [6.07, 6.45) is 0.889. The van der Waals surface area contributed by atoms with Crippen molar-refractivity contribution in [1.29, 1.82) is 0 Å². The van der Waals surface area contributed by atoms with Gasteiger partial charge < -0.3 is 10.6 Å². The van der Waals surface area contributed by atoms with Crippen LogP contribution in [0.4, 0.5) is 11.4 Å². The molecule has 31 heavy (non-hydrogen) atoms. The minimum atomic E-state index is 0.00948. The molecule has 0 saturated carbocycles. The smallest absolute Gasteiger partial charge is 0.238 e. The number of hydrogen-bond donors (Lipinski definition) is 2. The summed E-state index contributed by atoms with van der Waals surface area (Å²) in [4.78, 5) is 29.4. The minimum absolute atomic E-state index is 0.00948. The predicted octanol–water partition coefficient (Wildman–Crippen LogP) is 3.37. The highest BCUT2D eigenvalue weighted by atomic mass is 16.2. The fraction of sp³-hybridized carbons (Fsp3) is 0.440. The standard InChI is InChI=1S/C25H34N4O2/c1-5-21-11-7-10-20(4)25(21)27-23(31)17-29-14-12-28(13-15-29)16-22(30)26-24-18(2)8-6-9-19(24)3/h6-11H,5,12-17H2,1-4H3,(H,26,30)(H,27,31). The first-order valence-electron chi connectivity index (χ1n) is 11.1. The summed E-state index contributed by atoms with van der Waals surface area (Å²) in [5, 5.41) is 6.15. The molecule has 2 amide bonds. The van der Waals surface area contributed by atoms with Crippen LogP contribution in [0, 0.1) is 20.8 Å². The van der Waals surface area contributed by atoms with Crippen LogP contribution in [0.25, 0.3) is 0 Å². The molecule has 1 saturated heterocycles. The second kappa shape index (κ2) is 10.6. The van der Waals surface area contributed by atoms with Crippen LogP contribution in [0.15, 0.2) is 36.4 Å². The lowest BCUT2D eigenvalue weighted by Crippen LogP contribution is -2.50. The molecule has 1 aliphatic heterocycles. The second-order valence-corrected chi connectivity index (χ2v) is 8.38. The Balaban J connectivity index is 1.45. The molecule has 0 aliphatic carbocycles. The van der Waals surface area contributed by atoms with E-state index in [0.29, 0.717) is 13.1 Å². The number of para-hydroxylation sites is 2. The van der Waals surface area contributed by atoms with E-state index >= 15 is 0 Å². The van der Waals surface area contributed by atoms with Crippen LogP contribution in [0.5, 0.6) is 0 Å². The van der Waals surface area contributed by atoms with Gasteiger partial charge in [-0.2, -0.15) is 0 Å². The normalized spacial score (nSPS) is 15.0. The van der Waals surface area contributed by atoms with Gasteiger partial charge in [0.1, 0.15) is 0 Å². The molecule has 0 radical (unpaired) electrons. The number of benzene rings is 2. The number of nitrogens with zero attached hydrogens (tertiary/aromatic N) is 2. The van der Waals surface area contributed by atoms with Gasteiger partial charge in [-0.05, 0) is 49.4 Å². The molecule has 2 N–H and O–H groups in total. The van der Waals surface area contributed by atoms with Gasteiger partial charge in [-0.15, -0.1) is 0 Å². The van der Waals surface area contributed by atoms with E-state index in [1.165, 1.54) is 0 Å². The van der Waals surface area contributed by atoms with Crippen molar-refractivity contribution in [3.05, 3.63) is 58.7 Å². The molecule has 1 aliphatic rings. The average Bonchev–Trinajstić information content (AvgIpc) is 2.74. The highest BCUT2D eigenvalue weighted by molar-refractivity contribution is 5.94. The summed E-state index contributed by atoms with van der Waals surface area (Å²) in [7, 11) is 0. The molecular formula is C25H34N4O2. The Hall–Kier alpha value is -2.70. The summed E-state index contributed by atoms with van der Waals surface area (Å²) in [6.45, 7) is 12.0. The largest absolute Gasteiger partial charge is 0.324 e. The Morgan fingerprint density at radius 1 is 0.742 bits per heavy atom. The fourth-order valence-corrected chi connectivity index (χ4v) is 4.08. The number of amides is 2. The van der Waals surface area contributed by atoms with E-state index in [-0.39, 0.29) is 11.8 Å². The Labute approximate surface area is 185 Å². The molecular weight excluding hydrogens is 388 g/mol. The summed E-state index contributed by atoms with van der Waals surface area (Å²) < 4.78 is 0. The maximum atomic E-state index is 12.6. The summed E-state index contributed by atoms with van der Waals surface area (Å²) in [6, 6.07) is 12.1. The number of piperazine rings is 1. The average molecular weight is 423 g/mol. The van der Waals surface area contributed by atoms with Gasteiger partial charge in [0.2, 0.25) is 11.8 Å². The third-order valence-electron chi connectivity index (χ3n) is 5.95. The minimum Gasteiger partial charge on any atom is -0.324 e. The van der Waals surface area contributed by atoms with Crippen molar-refractivity contribution in [3.63, 3.8) is 0 Å². The summed E-state index contributed by atoms with van der Waals surface area (Å²) in [5.41, 5.74) is 6.25. The monoisotopic (exact) mass is 422 g/mol. The number of anilines is 2. The van der Waals surface area contributed by atoms with E-state index in [1.807, 2.05) is 51.1 Å². The lowest BCUT2D eigenvalue weighted by Gasteiger charge is -2.34. The van der Waals surface area contributed by atoms with Crippen LogP contribution >= 0.6 is 0 Å². The first kappa shape index (κ1) is 23.0. The SMILES string of the molecule is CCc1cccc(C)c1NC(=O)CN1CCN(CC(=O)Nc2c(C)cccc2C)CC1. The third-order valence-corrected chi connectivity index (χ3v) is 5.95. The highest BCUT2D eigenvalue weighted by Crippen LogP contribution is 2.21. The number of nitrogens with one attached hydrogen (secondary N) is 2. The molecule has 2 aromatic rings. The van der Waals surface area contributed by atoms with Crippen molar-refractivity contribution in [1.82, 2.24) is 9.80 Å². The molecule has 0 unspecified atom stereocenters. The molecule has 2 aromatic carbocycles. The van der Waals surface area contributed by atoms with Gasteiger partial charge in [-0.3, -0.25) is 19.4 Å². The van der Waals surface area contributed by atoms with Gasteiger partial charge in [0, 0.05) is 37.6 Å². The van der Waals surface area contributed by atoms with E-state index in [9.17, 15) is 9.59 Å². The second-order valence-electron chi connectivity index (χ2n) is 8.38. The highest BCUT2D eigenvalue weighted by Gasteiger charge is 2.21. The zero-order chi connectivity index (χ0) is 22.4. The number of rotatable bonds is 7. The van der Waals surface area contributed by atoms with Crippen LogP contribution in [-0.2, 0) is 16.0 Å². The van der Waals surface area contributed by atoms with E-state index in [0.717, 1.165) is 66.2 Å². The molecule has 0 bridgehead atoms. The molecule has 6 heteroatoms. The van der Waals surface area contributed by atoms with Crippen molar-refractivity contribution in [2.24, 2.45) is 0 Å². The maximum Gasteiger partial charge on any atom is 0.238 e. The van der Waals surface area contributed by atoms with E-state index < -0.39 is 0 Å². The van der Waals surface area contributed by atoms with Crippen molar-refractivity contribution in [2.75, 3.05) is 49.9 Å². The molecule has 6 nitrogen and oxygen atoms in total. The number of carbonyl (C=O) groups is 2. The van der Waals surface area contributed by atoms with Crippen LogP contribution in [0.2, 0.25) is 0 Å². The molecule has 1 heterocycles. The van der Waals surface area contributed by atoms with Crippen molar-refractivity contribution < 1.29 is 9.59 Å². The number of carbonyl (C=O) groups excluding carboxylic acids is 2. The van der Waals surface area contributed by atoms with Crippen LogP contribution < -0.4 is 10.6 Å². The molecule has 166 valence electrons. The lowest BCUT2D eigenvalue weighted by molar-refractivity contribution is -0.120. The van der Waals surface area contributed by atoms with E-state index in [1.54, 1.807) is 0 Å². The predicted molar refractivity (Wildman–Crippen MR) is 127 cm³/mol. The quantitative estimate of drug-likeness (QED) is 0.718. The van der Waals surface area contributed by atoms with Gasteiger partial charge in [0.15, 0.2) is 0 Å². The molecule has 0 spiro atoms. The first-order chi connectivity index (χ1) is 14.9. The number of aryl methyl sites for hydroxylation is 4. The van der Waals surface area contributed by atoms with E-state index in [4.69, 9.17) is 0 Å². The zero-order valence-electron chi connectivity index (χ0n) is 19.1. The van der Waals surface area contributed by atoms with Crippen molar-refractivity contribution >= 4 is 23.2 Å². The summed E-state index contributed by atoms with van der Waals surface area (Å²) in [5.74, 6) is 0.0282. The van der Waals surface area contributed by atoms with Crippen molar-refractivity contribution in [2.45, 2.75) is 34.1 Å². The van der Waals surface area contributed by atoms with E-state index in [2.05, 4.69) is 33.4 Å². The zero-order valence-corrected chi connectivity index (χ0v) is 19.1. The lowest BCUT2D eigenvalue weighted by atomic mass is 10.1. The summed E-state index contributed by atoms with van der Waals surface area (Å²) >= 11 is 0. The van der Waals surface area contributed by atoms with Crippen LogP contribution in [-0.4, -0.2) is 60.9 Å². The Kier molecular flexibility index (Phi) is 7.82. The molecule has 0 aromatic heterocycles. The molecule has 3 rings (SSSR count). The van der Waals surface area contributed by atoms with Crippen LogP contribution in [0.3, 0.4) is 0 Å². The third kappa shape index (κ3) is 6.15. The topological polar surface area (TPSA) is 64.7 Å². The van der Waals surface area contributed by atoms with Gasteiger partial charge >= 0.3 is 0 Å². The van der Waals surface area contributed by atoms with Gasteiger partial charge in [0.25, 0.3) is 0 Å². The van der Waals surface area contributed by atoms with Crippen LogP contribution in [0.1, 0.15) is 29.2 Å².